The van der Waals surface area contributed by atoms with Crippen LogP contribution in [0, 0.1) is 0 Å². The van der Waals surface area contributed by atoms with Crippen LogP contribution in [-0.2, 0) is 0 Å². The Bertz CT molecular complexity index is 494. The quantitative estimate of drug-likeness (QED) is 0.879. The minimum Gasteiger partial charge on any atom is -0.324 e. The number of carbonyl (C=O) groups is 1. The molecule has 0 radical (unpaired) electrons. The highest BCUT2D eigenvalue weighted by atomic mass is 35.5. The fourth-order valence-electron chi connectivity index (χ4n) is 1.44. The van der Waals surface area contributed by atoms with Crippen LogP contribution in [0.25, 0.3) is 0 Å². The van der Waals surface area contributed by atoms with Crippen molar-refractivity contribution in [3.8, 4) is 0 Å². The summed E-state index contributed by atoms with van der Waals surface area (Å²) in [6.45, 7) is 0. The van der Waals surface area contributed by atoms with E-state index < -0.39 is 0 Å². The predicted molar refractivity (Wildman–Crippen MR) is 63.2 cm³/mol. The van der Waals surface area contributed by atoms with Gasteiger partial charge in [0.1, 0.15) is 11.5 Å². The lowest BCUT2D eigenvalue weighted by Gasteiger charge is -2.11. The Kier molecular flexibility index (Phi) is 3.54. The SMILES string of the molecule is O=C(NC1=CC=C(F)CC1)c1ccc(Cl)cn1. The van der Waals surface area contributed by atoms with E-state index in [4.69, 9.17) is 11.6 Å². The first kappa shape index (κ1) is 11.8. The second-order valence-corrected chi connectivity index (χ2v) is 4.06. The van der Waals surface area contributed by atoms with Gasteiger partial charge in [0, 0.05) is 18.3 Å². The molecule has 0 saturated carbocycles. The number of pyridine rings is 1. The molecule has 2 rings (SSSR count). The third-order valence-corrected chi connectivity index (χ3v) is 2.56. The third-order valence-electron chi connectivity index (χ3n) is 2.33. The zero-order valence-corrected chi connectivity index (χ0v) is 9.67. The van der Waals surface area contributed by atoms with Gasteiger partial charge < -0.3 is 5.32 Å². The number of nitrogens with one attached hydrogen (secondary N) is 1. The first-order valence-corrected chi connectivity index (χ1v) is 5.51. The molecule has 17 heavy (non-hydrogen) atoms. The van der Waals surface area contributed by atoms with E-state index in [9.17, 15) is 9.18 Å². The molecule has 0 fully saturated rings. The molecule has 0 unspecified atom stereocenters. The first-order chi connectivity index (χ1) is 8.15. The Morgan fingerprint density at radius 1 is 1.35 bits per heavy atom. The summed E-state index contributed by atoms with van der Waals surface area (Å²) in [6, 6.07) is 3.13. The minimum absolute atomic E-state index is 0.174. The number of carbonyl (C=O) groups excluding carboxylic acids is 1. The first-order valence-electron chi connectivity index (χ1n) is 5.13. The van der Waals surface area contributed by atoms with Crippen LogP contribution in [0.5, 0.6) is 0 Å². The van der Waals surface area contributed by atoms with E-state index in [-0.39, 0.29) is 17.4 Å². The highest BCUT2D eigenvalue weighted by molar-refractivity contribution is 6.30. The van der Waals surface area contributed by atoms with Gasteiger partial charge in [-0.25, -0.2) is 9.37 Å². The molecule has 1 N–H and O–H groups in total. The molecular formula is C12H10ClFN2O. The molecule has 88 valence electrons. The van der Waals surface area contributed by atoms with E-state index in [1.165, 1.54) is 18.3 Å². The number of allylic oxidation sites excluding steroid dienone is 4. The van der Waals surface area contributed by atoms with Gasteiger partial charge in [0.25, 0.3) is 5.91 Å². The van der Waals surface area contributed by atoms with Crippen LogP contribution >= 0.6 is 11.6 Å². The Morgan fingerprint density at radius 2 is 2.18 bits per heavy atom. The van der Waals surface area contributed by atoms with E-state index in [2.05, 4.69) is 10.3 Å². The van der Waals surface area contributed by atoms with E-state index in [1.54, 1.807) is 12.1 Å². The molecule has 3 nitrogen and oxygen atoms in total. The van der Waals surface area contributed by atoms with Crippen LogP contribution < -0.4 is 5.32 Å². The number of rotatable bonds is 2. The van der Waals surface area contributed by atoms with Gasteiger partial charge in [0.2, 0.25) is 0 Å². The molecule has 1 heterocycles. The van der Waals surface area contributed by atoms with Crippen molar-refractivity contribution in [1.29, 1.82) is 0 Å². The second-order valence-electron chi connectivity index (χ2n) is 3.62. The molecule has 0 aliphatic heterocycles. The predicted octanol–water partition coefficient (Wildman–Crippen LogP) is 3.00. The minimum atomic E-state index is -0.316. The number of amides is 1. The van der Waals surface area contributed by atoms with Crippen LogP contribution in [0.4, 0.5) is 4.39 Å². The summed E-state index contributed by atoms with van der Waals surface area (Å²) >= 11 is 5.67. The maximum Gasteiger partial charge on any atom is 0.273 e. The number of halogens is 2. The molecule has 0 saturated heterocycles. The normalized spacial score (nSPS) is 14.9. The summed E-state index contributed by atoms with van der Waals surface area (Å²) in [4.78, 5) is 15.6. The van der Waals surface area contributed by atoms with E-state index in [0.717, 1.165) is 0 Å². The van der Waals surface area contributed by atoms with Crippen molar-refractivity contribution in [2.24, 2.45) is 0 Å². The summed E-state index contributed by atoms with van der Waals surface area (Å²) in [5.41, 5.74) is 0.971. The fraction of sp³-hybridized carbons (Fsp3) is 0.167. The van der Waals surface area contributed by atoms with Gasteiger partial charge in [0.15, 0.2) is 0 Å². The summed E-state index contributed by atoms with van der Waals surface area (Å²) < 4.78 is 12.7. The van der Waals surface area contributed by atoms with Gasteiger partial charge in [-0.05, 0) is 30.7 Å². The van der Waals surface area contributed by atoms with Gasteiger partial charge in [-0.3, -0.25) is 4.79 Å². The summed E-state index contributed by atoms with van der Waals surface area (Å²) in [7, 11) is 0. The molecule has 0 atom stereocenters. The van der Waals surface area contributed by atoms with Crippen LogP contribution in [-0.4, -0.2) is 10.9 Å². The summed E-state index contributed by atoms with van der Waals surface area (Å²) in [5.74, 6) is -0.490. The van der Waals surface area contributed by atoms with Crippen molar-refractivity contribution in [2.45, 2.75) is 12.8 Å². The molecule has 1 amide bonds. The topological polar surface area (TPSA) is 42.0 Å². The van der Waals surface area contributed by atoms with Crippen molar-refractivity contribution in [3.05, 3.63) is 52.7 Å². The molecule has 1 aliphatic carbocycles. The zero-order valence-electron chi connectivity index (χ0n) is 8.91. The van der Waals surface area contributed by atoms with Gasteiger partial charge >= 0.3 is 0 Å². The van der Waals surface area contributed by atoms with Crippen molar-refractivity contribution in [1.82, 2.24) is 10.3 Å². The number of hydrogen-bond donors (Lipinski definition) is 1. The Labute approximate surface area is 103 Å². The standard InChI is InChI=1S/C12H10ClFN2O/c13-8-1-6-11(15-7-8)12(17)16-10-4-2-9(14)3-5-10/h1-2,4,6-7H,3,5H2,(H,16,17). The molecule has 5 heteroatoms. The molecule has 1 aliphatic rings. The van der Waals surface area contributed by atoms with Gasteiger partial charge in [-0.1, -0.05) is 11.6 Å². The highest BCUT2D eigenvalue weighted by Gasteiger charge is 2.11. The van der Waals surface area contributed by atoms with Crippen molar-refractivity contribution in [3.63, 3.8) is 0 Å². The Balaban J connectivity index is 2.05. The molecule has 0 spiro atoms. The van der Waals surface area contributed by atoms with Crippen LogP contribution in [0.15, 0.2) is 42.0 Å². The van der Waals surface area contributed by atoms with Crippen molar-refractivity contribution >= 4 is 17.5 Å². The molecule has 1 aromatic heterocycles. The van der Waals surface area contributed by atoms with Crippen LogP contribution in [0.3, 0.4) is 0 Å². The van der Waals surface area contributed by atoms with E-state index in [0.29, 0.717) is 23.6 Å². The lowest BCUT2D eigenvalue weighted by molar-refractivity contribution is 0.0959. The monoisotopic (exact) mass is 252 g/mol. The average molecular weight is 253 g/mol. The third kappa shape index (κ3) is 3.14. The van der Waals surface area contributed by atoms with Crippen molar-refractivity contribution in [2.75, 3.05) is 0 Å². The molecule has 1 aromatic rings. The highest BCUT2D eigenvalue weighted by Crippen LogP contribution is 2.17. The fourth-order valence-corrected chi connectivity index (χ4v) is 1.55. The van der Waals surface area contributed by atoms with Crippen LogP contribution in [0.1, 0.15) is 23.3 Å². The summed E-state index contributed by atoms with van der Waals surface area (Å²) in [5, 5.41) is 3.16. The largest absolute Gasteiger partial charge is 0.324 e. The lowest BCUT2D eigenvalue weighted by atomic mass is 10.1. The average Bonchev–Trinajstić information content (AvgIpc) is 2.33. The summed E-state index contributed by atoms with van der Waals surface area (Å²) in [6.07, 6.45) is 5.13. The van der Waals surface area contributed by atoms with E-state index in [1.807, 2.05) is 0 Å². The second kappa shape index (κ2) is 5.10. The van der Waals surface area contributed by atoms with Gasteiger partial charge in [0.05, 0.1) is 5.02 Å². The number of hydrogen-bond acceptors (Lipinski definition) is 2. The maximum atomic E-state index is 12.7. The maximum absolute atomic E-state index is 12.7. The van der Waals surface area contributed by atoms with Gasteiger partial charge in [-0.15, -0.1) is 0 Å². The molecule has 0 bridgehead atoms. The van der Waals surface area contributed by atoms with Crippen molar-refractivity contribution < 1.29 is 9.18 Å². The molecular weight excluding hydrogens is 243 g/mol. The smallest absolute Gasteiger partial charge is 0.273 e. The van der Waals surface area contributed by atoms with Crippen LogP contribution in [0.2, 0.25) is 5.02 Å². The molecule has 0 aromatic carbocycles. The van der Waals surface area contributed by atoms with Gasteiger partial charge in [-0.2, -0.15) is 0 Å². The zero-order chi connectivity index (χ0) is 12.3. The Hall–Kier alpha value is -1.68. The number of nitrogens with zero attached hydrogens (tertiary/aromatic N) is 1. The van der Waals surface area contributed by atoms with E-state index >= 15 is 0 Å². The number of aromatic nitrogens is 1. The Morgan fingerprint density at radius 3 is 2.76 bits per heavy atom. The lowest BCUT2D eigenvalue weighted by Crippen LogP contribution is -2.24.